The van der Waals surface area contributed by atoms with Gasteiger partial charge in [-0.1, -0.05) is 17.7 Å². The second-order valence-electron chi connectivity index (χ2n) is 3.96. The van der Waals surface area contributed by atoms with Crippen LogP contribution in [0.4, 0.5) is 21.5 Å². The molecule has 0 saturated heterocycles. The number of hydrogen-bond acceptors (Lipinski definition) is 2. The van der Waals surface area contributed by atoms with Crippen molar-refractivity contribution in [2.75, 3.05) is 24.3 Å². The van der Waals surface area contributed by atoms with Crippen molar-refractivity contribution in [2.45, 2.75) is 0 Å². The van der Waals surface area contributed by atoms with Crippen LogP contribution in [0.25, 0.3) is 0 Å². The Morgan fingerprint density at radius 2 is 1.83 bits per heavy atom. The highest BCUT2D eigenvalue weighted by atomic mass is 35.5. The van der Waals surface area contributed by atoms with Crippen molar-refractivity contribution >= 4 is 28.7 Å². The zero-order chi connectivity index (χ0) is 13.1. The molecular formula is C14H14ClFN2. The Bertz CT molecular complexity index is 557. The molecule has 0 radical (unpaired) electrons. The van der Waals surface area contributed by atoms with Gasteiger partial charge in [-0.15, -0.1) is 0 Å². The van der Waals surface area contributed by atoms with Gasteiger partial charge in [-0.25, -0.2) is 4.39 Å². The second-order valence-corrected chi connectivity index (χ2v) is 4.36. The molecule has 0 unspecified atom stereocenters. The van der Waals surface area contributed by atoms with Crippen LogP contribution in [-0.4, -0.2) is 14.1 Å². The van der Waals surface area contributed by atoms with E-state index in [1.807, 2.05) is 43.3 Å². The molecule has 2 aromatic carbocycles. The molecule has 0 aliphatic rings. The van der Waals surface area contributed by atoms with Crippen molar-refractivity contribution in [3.63, 3.8) is 0 Å². The van der Waals surface area contributed by atoms with E-state index < -0.39 is 5.82 Å². The van der Waals surface area contributed by atoms with Crippen LogP contribution in [0.5, 0.6) is 0 Å². The zero-order valence-corrected chi connectivity index (χ0v) is 11.0. The van der Waals surface area contributed by atoms with Crippen molar-refractivity contribution < 1.29 is 4.39 Å². The maximum Gasteiger partial charge on any atom is 0.141 e. The van der Waals surface area contributed by atoms with Crippen LogP contribution in [0.3, 0.4) is 0 Å². The van der Waals surface area contributed by atoms with Crippen LogP contribution >= 0.6 is 11.6 Å². The van der Waals surface area contributed by atoms with Gasteiger partial charge in [0.25, 0.3) is 0 Å². The average Bonchev–Trinajstić information content (AvgIpc) is 2.41. The third kappa shape index (κ3) is 2.57. The minimum absolute atomic E-state index is 0.129. The first-order valence-electron chi connectivity index (χ1n) is 5.58. The van der Waals surface area contributed by atoms with Crippen molar-refractivity contribution in [3.8, 4) is 0 Å². The minimum atomic E-state index is -0.405. The number of benzene rings is 2. The normalized spacial score (nSPS) is 10.2. The predicted octanol–water partition coefficient (Wildman–Crippen LogP) is 4.29. The summed E-state index contributed by atoms with van der Waals surface area (Å²) < 4.78 is 13.1. The first-order chi connectivity index (χ1) is 8.61. The molecule has 0 fully saturated rings. The lowest BCUT2D eigenvalue weighted by Gasteiger charge is -2.20. The SMILES string of the molecule is CNc1cccc(N(C)c2ccc(F)c(Cl)c2)c1. The summed E-state index contributed by atoms with van der Waals surface area (Å²) in [5.41, 5.74) is 2.87. The van der Waals surface area contributed by atoms with Crippen LogP contribution in [-0.2, 0) is 0 Å². The molecule has 0 spiro atoms. The molecule has 0 aliphatic heterocycles. The monoisotopic (exact) mass is 264 g/mol. The largest absolute Gasteiger partial charge is 0.388 e. The Balaban J connectivity index is 2.34. The summed E-state index contributed by atoms with van der Waals surface area (Å²) in [6, 6.07) is 12.6. The number of nitrogens with zero attached hydrogens (tertiary/aromatic N) is 1. The highest BCUT2D eigenvalue weighted by molar-refractivity contribution is 6.31. The highest BCUT2D eigenvalue weighted by Gasteiger charge is 2.07. The van der Waals surface area contributed by atoms with Gasteiger partial charge in [0.1, 0.15) is 5.82 Å². The molecular weight excluding hydrogens is 251 g/mol. The molecule has 0 saturated carbocycles. The number of halogens is 2. The molecule has 1 N–H and O–H groups in total. The average molecular weight is 265 g/mol. The van der Waals surface area contributed by atoms with Crippen LogP contribution in [0.15, 0.2) is 42.5 Å². The lowest BCUT2D eigenvalue weighted by Crippen LogP contribution is -2.09. The van der Waals surface area contributed by atoms with Gasteiger partial charge in [0, 0.05) is 31.2 Å². The second kappa shape index (κ2) is 5.27. The molecule has 18 heavy (non-hydrogen) atoms. The Hall–Kier alpha value is -1.74. The lowest BCUT2D eigenvalue weighted by molar-refractivity contribution is 0.628. The molecule has 0 amide bonds. The van der Waals surface area contributed by atoms with E-state index in [9.17, 15) is 4.39 Å². The van der Waals surface area contributed by atoms with E-state index in [1.54, 1.807) is 12.1 Å². The number of anilines is 3. The third-order valence-corrected chi connectivity index (χ3v) is 3.10. The molecule has 4 heteroatoms. The van der Waals surface area contributed by atoms with Gasteiger partial charge in [0.2, 0.25) is 0 Å². The van der Waals surface area contributed by atoms with E-state index >= 15 is 0 Å². The molecule has 2 aromatic rings. The number of nitrogens with one attached hydrogen (secondary N) is 1. The Labute approximate surface area is 111 Å². The minimum Gasteiger partial charge on any atom is -0.388 e. The first kappa shape index (κ1) is 12.7. The summed E-state index contributed by atoms with van der Waals surface area (Å²) in [5.74, 6) is -0.405. The fourth-order valence-electron chi connectivity index (χ4n) is 1.71. The van der Waals surface area contributed by atoms with Gasteiger partial charge in [-0.05, 0) is 36.4 Å². The van der Waals surface area contributed by atoms with Crippen LogP contribution in [0.1, 0.15) is 0 Å². The Morgan fingerprint density at radius 3 is 2.50 bits per heavy atom. The smallest absolute Gasteiger partial charge is 0.141 e. The van der Waals surface area contributed by atoms with Crippen molar-refractivity contribution in [1.82, 2.24) is 0 Å². The van der Waals surface area contributed by atoms with Gasteiger partial charge in [-0.2, -0.15) is 0 Å². The summed E-state index contributed by atoms with van der Waals surface area (Å²) in [6.45, 7) is 0. The summed E-state index contributed by atoms with van der Waals surface area (Å²) in [7, 11) is 3.78. The molecule has 2 nitrogen and oxygen atoms in total. The van der Waals surface area contributed by atoms with E-state index in [0.717, 1.165) is 17.1 Å². The number of hydrogen-bond donors (Lipinski definition) is 1. The summed E-state index contributed by atoms with van der Waals surface area (Å²) in [5, 5.41) is 3.21. The van der Waals surface area contributed by atoms with E-state index in [-0.39, 0.29) is 5.02 Å². The van der Waals surface area contributed by atoms with Gasteiger partial charge in [0.05, 0.1) is 5.02 Å². The molecule has 0 aliphatic carbocycles. The van der Waals surface area contributed by atoms with Gasteiger partial charge >= 0.3 is 0 Å². The Kier molecular flexibility index (Phi) is 3.72. The van der Waals surface area contributed by atoms with Crippen molar-refractivity contribution in [3.05, 3.63) is 53.3 Å². The summed E-state index contributed by atoms with van der Waals surface area (Å²) >= 11 is 5.79. The predicted molar refractivity (Wildman–Crippen MR) is 75.5 cm³/mol. The maximum absolute atomic E-state index is 13.1. The van der Waals surface area contributed by atoms with E-state index in [4.69, 9.17) is 11.6 Å². The molecule has 0 atom stereocenters. The molecule has 0 aromatic heterocycles. The van der Waals surface area contributed by atoms with Crippen LogP contribution < -0.4 is 10.2 Å². The lowest BCUT2D eigenvalue weighted by atomic mass is 10.2. The van der Waals surface area contributed by atoms with E-state index in [2.05, 4.69) is 5.32 Å². The standard InChI is InChI=1S/C14H14ClFN2/c1-17-10-4-3-5-11(8-10)18(2)12-6-7-14(16)13(15)9-12/h3-9,17H,1-2H3. The highest BCUT2D eigenvalue weighted by Crippen LogP contribution is 2.28. The van der Waals surface area contributed by atoms with Crippen LogP contribution in [0.2, 0.25) is 5.02 Å². The fourth-order valence-corrected chi connectivity index (χ4v) is 1.89. The molecule has 0 heterocycles. The summed E-state index contributed by atoms with van der Waals surface area (Å²) in [6.07, 6.45) is 0. The summed E-state index contributed by atoms with van der Waals surface area (Å²) in [4.78, 5) is 1.95. The fraction of sp³-hybridized carbons (Fsp3) is 0.143. The molecule has 0 bridgehead atoms. The zero-order valence-electron chi connectivity index (χ0n) is 10.2. The van der Waals surface area contributed by atoms with E-state index in [1.165, 1.54) is 6.07 Å². The van der Waals surface area contributed by atoms with Crippen molar-refractivity contribution in [2.24, 2.45) is 0 Å². The third-order valence-electron chi connectivity index (χ3n) is 2.81. The first-order valence-corrected chi connectivity index (χ1v) is 5.96. The van der Waals surface area contributed by atoms with Gasteiger partial charge in [-0.3, -0.25) is 0 Å². The van der Waals surface area contributed by atoms with Gasteiger partial charge in [0.15, 0.2) is 0 Å². The van der Waals surface area contributed by atoms with Crippen LogP contribution in [0, 0.1) is 5.82 Å². The number of rotatable bonds is 3. The quantitative estimate of drug-likeness (QED) is 0.890. The van der Waals surface area contributed by atoms with Crippen molar-refractivity contribution in [1.29, 1.82) is 0 Å². The molecule has 2 rings (SSSR count). The maximum atomic E-state index is 13.1. The topological polar surface area (TPSA) is 15.3 Å². The molecule has 94 valence electrons. The van der Waals surface area contributed by atoms with Gasteiger partial charge < -0.3 is 10.2 Å². The Morgan fingerprint density at radius 1 is 1.11 bits per heavy atom. The van der Waals surface area contributed by atoms with E-state index in [0.29, 0.717) is 0 Å².